The van der Waals surface area contributed by atoms with Gasteiger partial charge in [-0.3, -0.25) is 0 Å². The first-order chi connectivity index (χ1) is 9.77. The summed E-state index contributed by atoms with van der Waals surface area (Å²) in [6.07, 6.45) is 1.94. The van der Waals surface area contributed by atoms with Gasteiger partial charge in [-0.2, -0.15) is 0 Å². The Labute approximate surface area is 125 Å². The molecule has 0 aliphatic carbocycles. The number of rotatable bonds is 4. The molecule has 1 heterocycles. The van der Waals surface area contributed by atoms with E-state index in [9.17, 15) is 4.39 Å². The molecule has 2 rings (SSSR count). The van der Waals surface area contributed by atoms with Gasteiger partial charge in [0.1, 0.15) is 5.82 Å². The lowest BCUT2D eigenvalue weighted by atomic mass is 10.1. The SMILES string of the molecule is Cc1ccc(C(C)NCc2cn(C(C)(C)C)nn2)cc1F. The van der Waals surface area contributed by atoms with E-state index in [1.807, 2.05) is 23.9 Å². The summed E-state index contributed by atoms with van der Waals surface area (Å²) in [5, 5.41) is 11.6. The second-order valence-electron chi connectivity index (χ2n) is 6.44. The zero-order valence-corrected chi connectivity index (χ0v) is 13.3. The highest BCUT2D eigenvalue weighted by Crippen LogP contribution is 2.17. The van der Waals surface area contributed by atoms with Crippen LogP contribution in [0.3, 0.4) is 0 Å². The summed E-state index contributed by atoms with van der Waals surface area (Å²) in [7, 11) is 0. The highest BCUT2D eigenvalue weighted by molar-refractivity contribution is 5.25. The molecule has 1 aromatic carbocycles. The molecule has 1 N–H and O–H groups in total. The number of aryl methyl sites for hydroxylation is 1. The van der Waals surface area contributed by atoms with Crippen molar-refractivity contribution in [2.75, 3.05) is 0 Å². The summed E-state index contributed by atoms with van der Waals surface area (Å²) >= 11 is 0. The van der Waals surface area contributed by atoms with Crippen LogP contribution in [0.2, 0.25) is 0 Å². The van der Waals surface area contributed by atoms with Crippen molar-refractivity contribution >= 4 is 0 Å². The maximum atomic E-state index is 13.6. The molecule has 0 aliphatic heterocycles. The van der Waals surface area contributed by atoms with Gasteiger partial charge in [-0.05, 0) is 51.8 Å². The van der Waals surface area contributed by atoms with Gasteiger partial charge in [0.2, 0.25) is 0 Å². The molecule has 21 heavy (non-hydrogen) atoms. The summed E-state index contributed by atoms with van der Waals surface area (Å²) in [5.74, 6) is -0.167. The van der Waals surface area contributed by atoms with Crippen molar-refractivity contribution < 1.29 is 4.39 Å². The van der Waals surface area contributed by atoms with E-state index in [0.717, 1.165) is 11.3 Å². The van der Waals surface area contributed by atoms with Crippen molar-refractivity contribution in [3.63, 3.8) is 0 Å². The predicted molar refractivity (Wildman–Crippen MR) is 81.4 cm³/mol. The van der Waals surface area contributed by atoms with Gasteiger partial charge in [-0.25, -0.2) is 9.07 Å². The summed E-state index contributed by atoms with van der Waals surface area (Å²) < 4.78 is 15.4. The van der Waals surface area contributed by atoms with Crippen LogP contribution >= 0.6 is 0 Å². The molecular weight excluding hydrogens is 267 g/mol. The molecule has 1 atom stereocenters. The standard InChI is InChI=1S/C16H23FN4/c1-11-6-7-13(8-15(11)17)12(2)18-9-14-10-21(20-19-14)16(3,4)5/h6-8,10,12,18H,9H2,1-5H3. The summed E-state index contributed by atoms with van der Waals surface area (Å²) in [6.45, 7) is 10.6. The molecule has 0 amide bonds. The molecule has 0 aliphatic rings. The fourth-order valence-corrected chi connectivity index (χ4v) is 1.96. The molecule has 0 saturated heterocycles. The van der Waals surface area contributed by atoms with Gasteiger partial charge in [0.05, 0.1) is 17.4 Å². The van der Waals surface area contributed by atoms with Gasteiger partial charge in [-0.1, -0.05) is 17.3 Å². The molecule has 0 radical (unpaired) electrons. The highest BCUT2D eigenvalue weighted by atomic mass is 19.1. The molecule has 5 heteroatoms. The van der Waals surface area contributed by atoms with Crippen molar-refractivity contribution in [2.24, 2.45) is 0 Å². The second-order valence-corrected chi connectivity index (χ2v) is 6.44. The van der Waals surface area contributed by atoms with Crippen molar-refractivity contribution in [1.82, 2.24) is 20.3 Å². The van der Waals surface area contributed by atoms with Crippen LogP contribution in [0.5, 0.6) is 0 Å². The number of halogens is 1. The molecule has 0 bridgehead atoms. The Hall–Kier alpha value is -1.75. The molecule has 2 aromatic rings. The van der Waals surface area contributed by atoms with Gasteiger partial charge in [0.15, 0.2) is 0 Å². The topological polar surface area (TPSA) is 42.7 Å². The fraction of sp³-hybridized carbons (Fsp3) is 0.500. The molecule has 114 valence electrons. The zero-order chi connectivity index (χ0) is 15.6. The van der Waals surface area contributed by atoms with Crippen LogP contribution in [0, 0.1) is 12.7 Å². The Bertz CT molecular complexity index is 613. The molecule has 1 aromatic heterocycles. The second kappa shape index (κ2) is 5.93. The number of hydrogen-bond donors (Lipinski definition) is 1. The normalized spacial score (nSPS) is 13.4. The van der Waals surface area contributed by atoms with Gasteiger partial charge in [-0.15, -0.1) is 5.10 Å². The van der Waals surface area contributed by atoms with Crippen LogP contribution in [-0.4, -0.2) is 15.0 Å². The summed E-state index contributed by atoms with van der Waals surface area (Å²) in [5.41, 5.74) is 2.40. The van der Waals surface area contributed by atoms with Gasteiger partial charge >= 0.3 is 0 Å². The summed E-state index contributed by atoms with van der Waals surface area (Å²) in [6, 6.07) is 5.39. The fourth-order valence-electron chi connectivity index (χ4n) is 1.96. The molecule has 1 unspecified atom stereocenters. The predicted octanol–water partition coefficient (Wildman–Crippen LogP) is 3.33. The number of nitrogens with zero attached hydrogens (tertiary/aromatic N) is 3. The van der Waals surface area contributed by atoms with E-state index in [0.29, 0.717) is 12.1 Å². The molecule has 0 fully saturated rings. The number of benzene rings is 1. The quantitative estimate of drug-likeness (QED) is 0.939. The van der Waals surface area contributed by atoms with Crippen LogP contribution in [0.1, 0.15) is 50.6 Å². The Balaban J connectivity index is 1.99. The molecule has 0 spiro atoms. The minimum absolute atomic E-state index is 0.0555. The van der Waals surface area contributed by atoms with Crippen LogP contribution < -0.4 is 5.32 Å². The minimum atomic E-state index is -0.167. The first-order valence-electron chi connectivity index (χ1n) is 7.18. The first-order valence-corrected chi connectivity index (χ1v) is 7.18. The Morgan fingerprint density at radius 2 is 2.05 bits per heavy atom. The maximum Gasteiger partial charge on any atom is 0.126 e. The summed E-state index contributed by atoms with van der Waals surface area (Å²) in [4.78, 5) is 0. The van der Waals surface area contributed by atoms with Crippen LogP contribution in [0.4, 0.5) is 4.39 Å². The number of nitrogens with one attached hydrogen (secondary N) is 1. The monoisotopic (exact) mass is 290 g/mol. The van der Waals surface area contributed by atoms with E-state index in [1.54, 1.807) is 19.1 Å². The van der Waals surface area contributed by atoms with Crippen molar-refractivity contribution in [3.05, 3.63) is 47.0 Å². The highest BCUT2D eigenvalue weighted by Gasteiger charge is 2.15. The molecule has 0 saturated carbocycles. The van der Waals surface area contributed by atoms with E-state index in [2.05, 4.69) is 36.4 Å². The molecule has 4 nitrogen and oxygen atoms in total. The lowest BCUT2D eigenvalue weighted by Crippen LogP contribution is -2.22. The maximum absolute atomic E-state index is 13.6. The van der Waals surface area contributed by atoms with Gasteiger partial charge < -0.3 is 5.32 Å². The Morgan fingerprint density at radius 3 is 2.62 bits per heavy atom. The Morgan fingerprint density at radius 1 is 1.33 bits per heavy atom. The third kappa shape index (κ3) is 3.88. The minimum Gasteiger partial charge on any atom is -0.304 e. The van der Waals surface area contributed by atoms with Gasteiger partial charge in [0, 0.05) is 12.6 Å². The van der Waals surface area contributed by atoms with Crippen molar-refractivity contribution in [2.45, 2.75) is 52.7 Å². The third-order valence-corrected chi connectivity index (χ3v) is 3.51. The van der Waals surface area contributed by atoms with E-state index in [-0.39, 0.29) is 17.4 Å². The average molecular weight is 290 g/mol. The van der Waals surface area contributed by atoms with E-state index >= 15 is 0 Å². The van der Waals surface area contributed by atoms with E-state index in [1.165, 1.54) is 0 Å². The zero-order valence-electron chi connectivity index (χ0n) is 13.3. The van der Waals surface area contributed by atoms with Crippen LogP contribution in [-0.2, 0) is 12.1 Å². The van der Waals surface area contributed by atoms with Crippen LogP contribution in [0.15, 0.2) is 24.4 Å². The largest absolute Gasteiger partial charge is 0.304 e. The number of hydrogen-bond acceptors (Lipinski definition) is 3. The third-order valence-electron chi connectivity index (χ3n) is 3.51. The lowest BCUT2D eigenvalue weighted by Gasteiger charge is -2.17. The van der Waals surface area contributed by atoms with E-state index < -0.39 is 0 Å². The first kappa shape index (κ1) is 15.6. The average Bonchev–Trinajstić information content (AvgIpc) is 2.88. The molecular formula is C16H23FN4. The lowest BCUT2D eigenvalue weighted by molar-refractivity contribution is 0.347. The number of aromatic nitrogens is 3. The Kier molecular flexibility index (Phi) is 4.42. The van der Waals surface area contributed by atoms with Crippen molar-refractivity contribution in [3.8, 4) is 0 Å². The van der Waals surface area contributed by atoms with Crippen molar-refractivity contribution in [1.29, 1.82) is 0 Å². The van der Waals surface area contributed by atoms with Gasteiger partial charge in [0.25, 0.3) is 0 Å². The van der Waals surface area contributed by atoms with Crippen LogP contribution in [0.25, 0.3) is 0 Å². The smallest absolute Gasteiger partial charge is 0.126 e. The van der Waals surface area contributed by atoms with E-state index in [4.69, 9.17) is 0 Å².